The van der Waals surface area contributed by atoms with Crippen molar-refractivity contribution in [1.29, 1.82) is 0 Å². The number of para-hydroxylation sites is 1. The number of amides is 1. The van der Waals surface area contributed by atoms with Gasteiger partial charge in [-0.15, -0.1) is 0 Å². The summed E-state index contributed by atoms with van der Waals surface area (Å²) in [7, 11) is 0. The first-order chi connectivity index (χ1) is 11.2. The highest BCUT2D eigenvalue weighted by molar-refractivity contribution is 5.92. The second kappa shape index (κ2) is 7.33. The zero-order chi connectivity index (χ0) is 16.1. The molecule has 1 aliphatic heterocycles. The molecule has 5 nitrogen and oxygen atoms in total. The molecule has 0 spiro atoms. The van der Waals surface area contributed by atoms with E-state index in [1.165, 1.54) is 5.69 Å². The Balaban J connectivity index is 1.44. The van der Waals surface area contributed by atoms with Crippen molar-refractivity contribution in [3.8, 4) is 0 Å². The Kier molecular flexibility index (Phi) is 4.98. The predicted octanol–water partition coefficient (Wildman–Crippen LogP) is 1.96. The Labute approximate surface area is 137 Å². The molecule has 1 saturated heterocycles. The van der Waals surface area contributed by atoms with Crippen LogP contribution in [0, 0.1) is 0 Å². The van der Waals surface area contributed by atoms with E-state index in [9.17, 15) is 4.79 Å². The molecule has 1 aliphatic rings. The third kappa shape index (κ3) is 4.13. The molecule has 0 saturated carbocycles. The Morgan fingerprint density at radius 3 is 2.52 bits per heavy atom. The molecule has 0 aliphatic carbocycles. The van der Waals surface area contributed by atoms with Gasteiger partial charge < -0.3 is 15.2 Å². The minimum Gasteiger partial charge on any atom is -0.369 e. The fraction of sp³-hybridized carbons (Fsp3) is 0.389. The number of piperazine rings is 1. The molecule has 0 bridgehead atoms. The lowest BCUT2D eigenvalue weighted by Gasteiger charge is -2.37. The van der Waals surface area contributed by atoms with Crippen molar-refractivity contribution in [3.63, 3.8) is 0 Å². The first kappa shape index (κ1) is 15.6. The second-order valence-electron chi connectivity index (χ2n) is 6.08. The van der Waals surface area contributed by atoms with Crippen LogP contribution in [-0.2, 0) is 0 Å². The minimum absolute atomic E-state index is 0.0366. The van der Waals surface area contributed by atoms with Crippen LogP contribution in [0.1, 0.15) is 17.4 Å². The van der Waals surface area contributed by atoms with Gasteiger partial charge >= 0.3 is 0 Å². The number of carbonyl (C=O) groups is 1. The van der Waals surface area contributed by atoms with Crippen molar-refractivity contribution in [2.75, 3.05) is 37.6 Å². The zero-order valence-corrected chi connectivity index (χ0v) is 13.5. The number of nitrogens with one attached hydrogen (secondary N) is 2. The van der Waals surface area contributed by atoms with E-state index in [0.717, 1.165) is 32.7 Å². The number of H-pyrrole nitrogens is 1. The molecule has 1 fully saturated rings. The average Bonchev–Trinajstić information content (AvgIpc) is 3.11. The smallest absolute Gasteiger partial charge is 0.267 e. The molecule has 1 aromatic carbocycles. The number of nitrogens with zero attached hydrogens (tertiary/aromatic N) is 2. The van der Waals surface area contributed by atoms with E-state index < -0.39 is 0 Å². The summed E-state index contributed by atoms with van der Waals surface area (Å²) in [5.74, 6) is -0.0366. The highest BCUT2D eigenvalue weighted by Gasteiger charge is 2.19. The topological polar surface area (TPSA) is 51.4 Å². The lowest BCUT2D eigenvalue weighted by Crippen LogP contribution is -2.50. The summed E-state index contributed by atoms with van der Waals surface area (Å²) < 4.78 is 0. The van der Waals surface area contributed by atoms with E-state index in [0.29, 0.717) is 5.69 Å². The van der Waals surface area contributed by atoms with E-state index in [4.69, 9.17) is 0 Å². The molecule has 0 unspecified atom stereocenters. The van der Waals surface area contributed by atoms with E-state index in [1.807, 2.05) is 12.1 Å². The zero-order valence-electron chi connectivity index (χ0n) is 13.5. The van der Waals surface area contributed by atoms with Crippen molar-refractivity contribution >= 4 is 11.6 Å². The fourth-order valence-corrected chi connectivity index (χ4v) is 3.03. The predicted molar refractivity (Wildman–Crippen MR) is 92.8 cm³/mol. The lowest BCUT2D eigenvalue weighted by atomic mass is 10.2. The number of aromatic nitrogens is 1. The number of aromatic amines is 1. The van der Waals surface area contributed by atoms with Crippen LogP contribution in [0.3, 0.4) is 0 Å². The van der Waals surface area contributed by atoms with Gasteiger partial charge in [-0.2, -0.15) is 0 Å². The maximum Gasteiger partial charge on any atom is 0.267 e. The quantitative estimate of drug-likeness (QED) is 0.887. The number of hydrogen-bond donors (Lipinski definition) is 2. The van der Waals surface area contributed by atoms with Crippen LogP contribution in [0.2, 0.25) is 0 Å². The molecule has 5 heteroatoms. The first-order valence-corrected chi connectivity index (χ1v) is 8.19. The number of carbonyl (C=O) groups excluding carboxylic acids is 1. The van der Waals surface area contributed by atoms with Gasteiger partial charge in [0.05, 0.1) is 0 Å². The fourth-order valence-electron chi connectivity index (χ4n) is 3.03. The van der Waals surface area contributed by atoms with Crippen LogP contribution in [0.5, 0.6) is 0 Å². The molecule has 23 heavy (non-hydrogen) atoms. The summed E-state index contributed by atoms with van der Waals surface area (Å²) in [6.45, 7) is 7.05. The van der Waals surface area contributed by atoms with Crippen LogP contribution in [0.25, 0.3) is 0 Å². The molecule has 1 atom stereocenters. The van der Waals surface area contributed by atoms with Crippen molar-refractivity contribution in [2.45, 2.75) is 13.0 Å². The van der Waals surface area contributed by atoms with E-state index >= 15 is 0 Å². The van der Waals surface area contributed by atoms with Crippen LogP contribution < -0.4 is 10.2 Å². The van der Waals surface area contributed by atoms with Gasteiger partial charge in [0.2, 0.25) is 0 Å². The highest BCUT2D eigenvalue weighted by Crippen LogP contribution is 2.15. The molecule has 1 aromatic heterocycles. The van der Waals surface area contributed by atoms with Gasteiger partial charge in [-0.1, -0.05) is 18.2 Å². The van der Waals surface area contributed by atoms with Crippen LogP contribution in [0.15, 0.2) is 48.7 Å². The van der Waals surface area contributed by atoms with Gasteiger partial charge in [0.1, 0.15) is 5.69 Å². The van der Waals surface area contributed by atoms with Crippen molar-refractivity contribution in [3.05, 3.63) is 54.4 Å². The molecular weight excluding hydrogens is 288 g/mol. The third-order valence-electron chi connectivity index (χ3n) is 4.25. The normalized spacial score (nSPS) is 17.0. The number of rotatable bonds is 5. The average molecular weight is 312 g/mol. The molecule has 2 N–H and O–H groups in total. The summed E-state index contributed by atoms with van der Waals surface area (Å²) >= 11 is 0. The lowest BCUT2D eigenvalue weighted by molar-refractivity contribution is 0.0923. The van der Waals surface area contributed by atoms with Gasteiger partial charge in [-0.25, -0.2) is 0 Å². The highest BCUT2D eigenvalue weighted by atomic mass is 16.1. The Morgan fingerprint density at radius 1 is 1.13 bits per heavy atom. The van der Waals surface area contributed by atoms with Crippen LogP contribution in [0.4, 0.5) is 5.69 Å². The molecule has 1 amide bonds. The second-order valence-corrected chi connectivity index (χ2v) is 6.08. The van der Waals surface area contributed by atoms with E-state index in [1.54, 1.807) is 12.3 Å². The standard InChI is InChI=1S/C18H24N4O/c1-15(20-18(23)17-8-5-9-19-17)14-21-10-12-22(13-11-21)16-6-3-2-4-7-16/h2-9,15,19H,10-14H2,1H3,(H,20,23)/t15-/m0/s1. The molecule has 122 valence electrons. The largest absolute Gasteiger partial charge is 0.369 e. The maximum atomic E-state index is 12.0. The van der Waals surface area contributed by atoms with Crippen LogP contribution >= 0.6 is 0 Å². The van der Waals surface area contributed by atoms with Crippen molar-refractivity contribution < 1.29 is 4.79 Å². The van der Waals surface area contributed by atoms with Gasteiger partial charge in [0.15, 0.2) is 0 Å². The van der Waals surface area contributed by atoms with Crippen molar-refractivity contribution in [1.82, 2.24) is 15.2 Å². The third-order valence-corrected chi connectivity index (χ3v) is 4.25. The molecule has 2 heterocycles. The summed E-state index contributed by atoms with van der Waals surface area (Å²) in [6.07, 6.45) is 1.77. The molecular formula is C18H24N4O. The Bertz CT molecular complexity index is 603. The van der Waals surface area contributed by atoms with E-state index in [-0.39, 0.29) is 11.9 Å². The summed E-state index contributed by atoms with van der Waals surface area (Å²) in [6, 6.07) is 14.3. The Hall–Kier alpha value is -2.27. The SMILES string of the molecule is C[C@@H](CN1CCN(c2ccccc2)CC1)NC(=O)c1ccc[nH]1. The Morgan fingerprint density at radius 2 is 1.87 bits per heavy atom. The van der Waals surface area contributed by atoms with Gasteiger partial charge in [0, 0.05) is 50.6 Å². The monoisotopic (exact) mass is 312 g/mol. The minimum atomic E-state index is -0.0366. The number of benzene rings is 1. The van der Waals surface area contributed by atoms with Gasteiger partial charge in [-0.3, -0.25) is 9.69 Å². The first-order valence-electron chi connectivity index (χ1n) is 8.19. The maximum absolute atomic E-state index is 12.0. The van der Waals surface area contributed by atoms with Gasteiger partial charge in [-0.05, 0) is 31.2 Å². The summed E-state index contributed by atoms with van der Waals surface area (Å²) in [5, 5.41) is 3.05. The van der Waals surface area contributed by atoms with E-state index in [2.05, 4.69) is 51.3 Å². The molecule has 0 radical (unpaired) electrons. The van der Waals surface area contributed by atoms with Crippen molar-refractivity contribution in [2.24, 2.45) is 0 Å². The number of hydrogen-bond acceptors (Lipinski definition) is 3. The summed E-state index contributed by atoms with van der Waals surface area (Å²) in [5.41, 5.74) is 1.91. The number of anilines is 1. The molecule has 3 rings (SSSR count). The van der Waals surface area contributed by atoms with Gasteiger partial charge in [0.25, 0.3) is 5.91 Å². The van der Waals surface area contributed by atoms with Crippen LogP contribution in [-0.4, -0.2) is 54.6 Å². The summed E-state index contributed by atoms with van der Waals surface area (Å²) in [4.78, 5) is 19.8. The molecule has 2 aromatic rings.